The first kappa shape index (κ1) is 11.4. The summed E-state index contributed by atoms with van der Waals surface area (Å²) in [7, 11) is 0. The molecule has 2 aromatic rings. The number of nitrogens with zero attached hydrogens (tertiary/aromatic N) is 4. The zero-order valence-corrected chi connectivity index (χ0v) is 10.3. The van der Waals surface area contributed by atoms with E-state index < -0.39 is 0 Å². The molecule has 1 unspecified atom stereocenters. The number of ether oxygens (including phenoxy) is 1. The van der Waals surface area contributed by atoms with Crippen molar-refractivity contribution in [2.24, 2.45) is 0 Å². The second-order valence-electron chi connectivity index (χ2n) is 4.47. The van der Waals surface area contributed by atoms with Crippen molar-refractivity contribution in [1.82, 2.24) is 14.6 Å². The lowest BCUT2D eigenvalue weighted by Gasteiger charge is -2.35. The van der Waals surface area contributed by atoms with Gasteiger partial charge < -0.3 is 14.7 Å². The summed E-state index contributed by atoms with van der Waals surface area (Å²) in [6, 6.07) is 1.97. The summed E-state index contributed by atoms with van der Waals surface area (Å²) in [5, 5.41) is 13.8. The summed E-state index contributed by atoms with van der Waals surface area (Å²) in [6.07, 6.45) is 3.57. The molecule has 18 heavy (non-hydrogen) atoms. The number of aliphatic hydroxyl groups excluding tert-OH is 1. The smallest absolute Gasteiger partial charge is 0.155 e. The van der Waals surface area contributed by atoms with E-state index in [1.807, 2.05) is 23.7 Å². The lowest BCUT2D eigenvalue weighted by atomic mass is 10.2. The van der Waals surface area contributed by atoms with Gasteiger partial charge in [-0.2, -0.15) is 5.10 Å². The van der Waals surface area contributed by atoms with Crippen LogP contribution in [0, 0.1) is 6.92 Å². The highest BCUT2D eigenvalue weighted by molar-refractivity contribution is 5.69. The first-order chi connectivity index (χ1) is 8.79. The first-order valence-corrected chi connectivity index (χ1v) is 6.06. The van der Waals surface area contributed by atoms with Crippen LogP contribution in [-0.4, -0.2) is 52.1 Å². The summed E-state index contributed by atoms with van der Waals surface area (Å²) in [6.45, 7) is 3.95. The van der Waals surface area contributed by atoms with E-state index in [2.05, 4.69) is 15.0 Å². The fourth-order valence-corrected chi connectivity index (χ4v) is 2.34. The second kappa shape index (κ2) is 4.55. The number of aryl methyl sites for hydroxylation is 1. The van der Waals surface area contributed by atoms with E-state index >= 15 is 0 Å². The zero-order valence-electron chi connectivity index (χ0n) is 10.3. The summed E-state index contributed by atoms with van der Waals surface area (Å²) in [5.74, 6) is 0.862. The Hall–Kier alpha value is -1.66. The molecule has 3 rings (SSSR count). The molecular formula is C12H16N4O2. The van der Waals surface area contributed by atoms with Crippen LogP contribution in [0.3, 0.4) is 0 Å². The number of anilines is 1. The molecule has 1 aliphatic heterocycles. The van der Waals surface area contributed by atoms with Crippen LogP contribution in [0.4, 0.5) is 5.82 Å². The van der Waals surface area contributed by atoms with Crippen molar-refractivity contribution in [3.63, 3.8) is 0 Å². The van der Waals surface area contributed by atoms with Crippen LogP contribution in [0.5, 0.6) is 0 Å². The quantitative estimate of drug-likeness (QED) is 0.824. The van der Waals surface area contributed by atoms with Crippen molar-refractivity contribution in [2.45, 2.75) is 13.0 Å². The molecule has 0 spiro atoms. The SMILES string of the molecule is Cc1cc2c(N3CCOCC3CO)nccn2n1. The Morgan fingerprint density at radius 3 is 3.28 bits per heavy atom. The van der Waals surface area contributed by atoms with E-state index in [1.54, 1.807) is 6.20 Å². The van der Waals surface area contributed by atoms with E-state index in [0.717, 1.165) is 23.6 Å². The Labute approximate surface area is 105 Å². The van der Waals surface area contributed by atoms with Gasteiger partial charge in [0, 0.05) is 18.9 Å². The molecule has 1 N–H and O–H groups in total. The lowest BCUT2D eigenvalue weighted by molar-refractivity contribution is 0.0724. The number of fused-ring (bicyclic) bond motifs is 1. The van der Waals surface area contributed by atoms with Gasteiger partial charge in [-0.15, -0.1) is 0 Å². The molecule has 0 saturated carbocycles. The molecule has 2 aromatic heterocycles. The van der Waals surface area contributed by atoms with Crippen LogP contribution in [0.1, 0.15) is 5.69 Å². The lowest BCUT2D eigenvalue weighted by Crippen LogP contribution is -2.48. The van der Waals surface area contributed by atoms with Gasteiger partial charge >= 0.3 is 0 Å². The number of hydrogen-bond acceptors (Lipinski definition) is 5. The van der Waals surface area contributed by atoms with Crippen molar-refractivity contribution < 1.29 is 9.84 Å². The summed E-state index contributed by atoms with van der Waals surface area (Å²) in [5.41, 5.74) is 1.92. The standard InChI is InChI=1S/C12H16N4O2/c1-9-6-11-12(13-2-3-16(11)14-9)15-4-5-18-8-10(15)7-17/h2-3,6,10,17H,4-5,7-8H2,1H3. The average molecular weight is 248 g/mol. The minimum atomic E-state index is -0.0346. The summed E-state index contributed by atoms with van der Waals surface area (Å²) in [4.78, 5) is 6.54. The summed E-state index contributed by atoms with van der Waals surface area (Å²) >= 11 is 0. The molecule has 1 atom stereocenters. The van der Waals surface area contributed by atoms with E-state index in [1.165, 1.54) is 0 Å². The molecule has 1 aliphatic rings. The molecule has 96 valence electrons. The van der Waals surface area contributed by atoms with Crippen LogP contribution in [-0.2, 0) is 4.74 Å². The molecular weight excluding hydrogens is 232 g/mol. The fourth-order valence-electron chi connectivity index (χ4n) is 2.34. The maximum absolute atomic E-state index is 9.43. The molecule has 0 amide bonds. The molecule has 0 radical (unpaired) electrons. The highest BCUT2D eigenvalue weighted by Gasteiger charge is 2.25. The number of aliphatic hydroxyl groups is 1. The van der Waals surface area contributed by atoms with Crippen LogP contribution in [0.2, 0.25) is 0 Å². The van der Waals surface area contributed by atoms with E-state index in [9.17, 15) is 5.11 Å². The monoisotopic (exact) mass is 248 g/mol. The van der Waals surface area contributed by atoms with Gasteiger partial charge in [0.15, 0.2) is 5.82 Å². The molecule has 0 aromatic carbocycles. The van der Waals surface area contributed by atoms with Gasteiger partial charge in [0.05, 0.1) is 31.6 Å². The van der Waals surface area contributed by atoms with Crippen LogP contribution in [0.25, 0.3) is 5.52 Å². The third kappa shape index (κ3) is 1.83. The fraction of sp³-hybridized carbons (Fsp3) is 0.500. The molecule has 3 heterocycles. The Kier molecular flexibility index (Phi) is 2.89. The van der Waals surface area contributed by atoms with E-state index in [-0.39, 0.29) is 12.6 Å². The first-order valence-electron chi connectivity index (χ1n) is 6.06. The van der Waals surface area contributed by atoms with Crippen LogP contribution in [0.15, 0.2) is 18.5 Å². The second-order valence-corrected chi connectivity index (χ2v) is 4.47. The predicted octanol–water partition coefficient (Wildman–Crippen LogP) is 0.235. The topological polar surface area (TPSA) is 62.9 Å². The zero-order chi connectivity index (χ0) is 12.5. The third-order valence-electron chi connectivity index (χ3n) is 3.20. The van der Waals surface area contributed by atoms with Gasteiger partial charge in [-0.05, 0) is 13.0 Å². The Morgan fingerprint density at radius 2 is 2.44 bits per heavy atom. The van der Waals surface area contributed by atoms with Crippen molar-refractivity contribution in [2.75, 3.05) is 31.3 Å². The van der Waals surface area contributed by atoms with Gasteiger partial charge in [-0.1, -0.05) is 0 Å². The molecule has 0 bridgehead atoms. The molecule has 6 heteroatoms. The average Bonchev–Trinajstić information content (AvgIpc) is 2.78. The number of morpholine rings is 1. The van der Waals surface area contributed by atoms with Crippen LogP contribution >= 0.6 is 0 Å². The van der Waals surface area contributed by atoms with E-state index in [4.69, 9.17) is 4.74 Å². The van der Waals surface area contributed by atoms with Gasteiger partial charge in [0.2, 0.25) is 0 Å². The normalized spacial score (nSPS) is 20.6. The number of aromatic nitrogens is 3. The molecule has 0 aliphatic carbocycles. The highest BCUT2D eigenvalue weighted by Crippen LogP contribution is 2.23. The van der Waals surface area contributed by atoms with Crippen molar-refractivity contribution >= 4 is 11.3 Å². The molecule has 6 nitrogen and oxygen atoms in total. The van der Waals surface area contributed by atoms with Gasteiger partial charge in [0.25, 0.3) is 0 Å². The predicted molar refractivity (Wildman–Crippen MR) is 66.8 cm³/mol. The number of hydrogen-bond donors (Lipinski definition) is 1. The minimum Gasteiger partial charge on any atom is -0.394 e. The molecule has 1 fully saturated rings. The molecule has 1 saturated heterocycles. The van der Waals surface area contributed by atoms with Crippen LogP contribution < -0.4 is 4.90 Å². The third-order valence-corrected chi connectivity index (χ3v) is 3.20. The Morgan fingerprint density at radius 1 is 1.56 bits per heavy atom. The Bertz CT molecular complexity index is 554. The van der Waals surface area contributed by atoms with Crippen molar-refractivity contribution in [3.8, 4) is 0 Å². The van der Waals surface area contributed by atoms with Gasteiger partial charge in [-0.3, -0.25) is 0 Å². The minimum absolute atomic E-state index is 0.0346. The maximum atomic E-state index is 9.43. The van der Waals surface area contributed by atoms with Gasteiger partial charge in [-0.25, -0.2) is 9.50 Å². The maximum Gasteiger partial charge on any atom is 0.155 e. The number of rotatable bonds is 2. The summed E-state index contributed by atoms with van der Waals surface area (Å²) < 4.78 is 7.21. The van der Waals surface area contributed by atoms with E-state index in [0.29, 0.717) is 13.2 Å². The van der Waals surface area contributed by atoms with Crippen molar-refractivity contribution in [1.29, 1.82) is 0 Å². The van der Waals surface area contributed by atoms with Crippen molar-refractivity contribution in [3.05, 3.63) is 24.2 Å². The largest absolute Gasteiger partial charge is 0.394 e. The van der Waals surface area contributed by atoms with Gasteiger partial charge in [0.1, 0.15) is 5.52 Å². The highest BCUT2D eigenvalue weighted by atomic mass is 16.5. The Balaban J connectivity index is 2.06.